The fourth-order valence-electron chi connectivity index (χ4n) is 3.21. The topological polar surface area (TPSA) is 171 Å². The van der Waals surface area contributed by atoms with Crippen LogP contribution in [-0.2, 0) is 21.1 Å². The van der Waals surface area contributed by atoms with Crippen molar-refractivity contribution in [3.05, 3.63) is 58.1 Å². The van der Waals surface area contributed by atoms with Crippen molar-refractivity contribution >= 4 is 36.0 Å². The number of hydrogen-bond acceptors (Lipinski definition) is 8. The summed E-state index contributed by atoms with van der Waals surface area (Å²) in [5.74, 6) is -0.532. The van der Waals surface area contributed by atoms with E-state index in [4.69, 9.17) is 9.26 Å². The highest BCUT2D eigenvalue weighted by Crippen LogP contribution is 2.40. The number of aliphatic hydroxyl groups excluding tert-OH is 1. The van der Waals surface area contributed by atoms with Crippen molar-refractivity contribution in [1.29, 1.82) is 0 Å². The number of ether oxygens (including phenoxy) is 1. The number of carbonyl (C=O) groups excluding carboxylic acids is 1. The van der Waals surface area contributed by atoms with Crippen molar-refractivity contribution in [2.45, 2.75) is 24.7 Å². The molecule has 31 heavy (non-hydrogen) atoms. The predicted molar refractivity (Wildman–Crippen MR) is 111 cm³/mol. The molecule has 164 valence electrons. The Kier molecular flexibility index (Phi) is 5.99. The van der Waals surface area contributed by atoms with Gasteiger partial charge in [0.05, 0.1) is 25.0 Å². The van der Waals surface area contributed by atoms with Crippen molar-refractivity contribution < 1.29 is 28.9 Å². The number of aliphatic hydroxyl groups is 1. The molecule has 3 heterocycles. The van der Waals surface area contributed by atoms with E-state index in [2.05, 4.69) is 32.2 Å². The van der Waals surface area contributed by atoms with Crippen LogP contribution in [0.5, 0.6) is 0 Å². The third kappa shape index (κ3) is 4.88. The van der Waals surface area contributed by atoms with Crippen LogP contribution in [0.25, 0.3) is 5.65 Å². The van der Waals surface area contributed by atoms with Gasteiger partial charge in [-0.1, -0.05) is 18.2 Å². The molecule has 1 aromatic carbocycles. The van der Waals surface area contributed by atoms with E-state index in [-0.39, 0.29) is 24.6 Å². The molecule has 3 aromatic rings. The van der Waals surface area contributed by atoms with Crippen LogP contribution >= 0.6 is 6.72 Å². The average Bonchev–Trinajstić information content (AvgIpc) is 3.30. The lowest BCUT2D eigenvalue weighted by molar-refractivity contribution is -0.0186. The van der Waals surface area contributed by atoms with E-state index < -0.39 is 36.6 Å². The Morgan fingerprint density at radius 2 is 2.13 bits per heavy atom. The van der Waals surface area contributed by atoms with Crippen molar-refractivity contribution in [2.75, 3.05) is 11.9 Å². The van der Waals surface area contributed by atoms with Gasteiger partial charge in [0.1, 0.15) is 6.10 Å². The minimum Gasteiger partial charge on any atom is -0.390 e. The van der Waals surface area contributed by atoms with E-state index in [9.17, 15) is 24.5 Å². The van der Waals surface area contributed by atoms with Crippen LogP contribution in [0.15, 0.2) is 41.3 Å². The largest absolute Gasteiger partial charge is 0.390 e. The van der Waals surface area contributed by atoms with Gasteiger partial charge in [0, 0.05) is 17.5 Å². The van der Waals surface area contributed by atoms with Gasteiger partial charge in [-0.25, -0.2) is 4.79 Å². The number of nitrogens with one attached hydrogen (secondary N) is 2. The summed E-state index contributed by atoms with van der Waals surface area (Å²) >= 11 is 4.40. The molecular weight excluding hydrogens is 449 g/mol. The smallest absolute Gasteiger partial charge is 0.350 e. The number of rotatable bonds is 6. The van der Waals surface area contributed by atoms with Crippen LogP contribution in [0, 0.1) is 0 Å². The molecule has 1 saturated heterocycles. The zero-order valence-corrected chi connectivity index (χ0v) is 17.5. The molecule has 5 N–H and O–H groups in total. The SMILES string of the molecule is O=C(Nc1nc2c(C3CC(O)C(COP(O)(O)=S)O3)cnn2c(=O)[nH]1)c1ccccc1. The van der Waals surface area contributed by atoms with Crippen LogP contribution < -0.4 is 11.0 Å². The van der Waals surface area contributed by atoms with Crippen LogP contribution in [0.3, 0.4) is 0 Å². The van der Waals surface area contributed by atoms with E-state index in [0.29, 0.717) is 11.1 Å². The lowest BCUT2D eigenvalue weighted by Crippen LogP contribution is -2.25. The van der Waals surface area contributed by atoms with Crippen LogP contribution in [0.4, 0.5) is 5.95 Å². The first kappa shape index (κ1) is 21.7. The molecule has 1 amide bonds. The number of aromatic amines is 1. The highest BCUT2D eigenvalue weighted by atomic mass is 32.5. The molecule has 2 aromatic heterocycles. The standard InChI is InChI=1S/C17H18N5O7PS/c23-11-6-12(29-13(11)8-28-30(26,27)31)10-7-18-22-14(10)19-16(21-17(22)25)20-15(24)9-4-2-1-3-5-9/h1-5,7,11-13,23H,6,8H2,(H2,26,27,31)(H2,19,20,21,24,25). The Labute approximate surface area is 179 Å². The van der Waals surface area contributed by atoms with Crippen LogP contribution in [-0.4, -0.2) is 59.2 Å². The molecule has 0 bridgehead atoms. The maximum Gasteiger partial charge on any atom is 0.350 e. The van der Waals surface area contributed by atoms with E-state index in [1.54, 1.807) is 30.3 Å². The molecule has 0 aliphatic carbocycles. The van der Waals surface area contributed by atoms with Gasteiger partial charge in [0.15, 0.2) is 5.65 Å². The Hall–Kier alpha value is -2.51. The normalized spacial score (nSPS) is 21.5. The number of carbonyl (C=O) groups is 1. The molecule has 0 spiro atoms. The van der Waals surface area contributed by atoms with E-state index >= 15 is 0 Å². The van der Waals surface area contributed by atoms with Crippen molar-refractivity contribution in [3.8, 4) is 0 Å². The fourth-order valence-corrected chi connectivity index (χ4v) is 3.73. The Morgan fingerprint density at radius 1 is 1.39 bits per heavy atom. The quantitative estimate of drug-likeness (QED) is 0.313. The lowest BCUT2D eigenvalue weighted by atomic mass is 10.1. The summed E-state index contributed by atoms with van der Waals surface area (Å²) in [4.78, 5) is 49.8. The molecule has 3 atom stereocenters. The maximum absolute atomic E-state index is 12.4. The zero-order valence-electron chi connectivity index (χ0n) is 15.8. The van der Waals surface area contributed by atoms with E-state index in [0.717, 1.165) is 4.52 Å². The number of anilines is 1. The monoisotopic (exact) mass is 467 g/mol. The van der Waals surface area contributed by atoms with Gasteiger partial charge in [0.2, 0.25) is 5.95 Å². The number of H-pyrrole nitrogens is 1. The second-order valence-corrected chi connectivity index (χ2v) is 9.46. The molecule has 3 unspecified atom stereocenters. The molecule has 0 saturated carbocycles. The van der Waals surface area contributed by atoms with Crippen LogP contribution in [0.1, 0.15) is 28.4 Å². The van der Waals surface area contributed by atoms with Gasteiger partial charge in [-0.2, -0.15) is 14.6 Å². The van der Waals surface area contributed by atoms with E-state index in [1.807, 2.05) is 0 Å². The number of benzene rings is 1. The predicted octanol–water partition coefficient (Wildman–Crippen LogP) is 0.0865. The number of fused-ring (bicyclic) bond motifs is 1. The first-order valence-corrected chi connectivity index (χ1v) is 11.7. The third-order valence-corrected chi connectivity index (χ3v) is 5.45. The first-order valence-electron chi connectivity index (χ1n) is 9.09. The van der Waals surface area contributed by atoms with Crippen molar-refractivity contribution in [1.82, 2.24) is 19.6 Å². The minimum absolute atomic E-state index is 0.0761. The van der Waals surface area contributed by atoms with Gasteiger partial charge in [-0.15, -0.1) is 0 Å². The molecule has 4 rings (SSSR count). The molecule has 12 nitrogen and oxygen atoms in total. The summed E-state index contributed by atoms with van der Waals surface area (Å²) in [5.41, 5.74) is 0.312. The van der Waals surface area contributed by atoms with Gasteiger partial charge in [0.25, 0.3) is 5.91 Å². The third-order valence-electron chi connectivity index (χ3n) is 4.65. The molecule has 14 heteroatoms. The zero-order chi connectivity index (χ0) is 22.2. The van der Waals surface area contributed by atoms with Gasteiger partial charge in [-0.3, -0.25) is 15.1 Å². The fraction of sp³-hybridized carbons (Fsp3) is 0.294. The summed E-state index contributed by atoms with van der Waals surface area (Å²) in [7, 11) is 0. The molecule has 1 aliphatic heterocycles. The first-order chi connectivity index (χ1) is 14.7. The molecular formula is C17H18N5O7PS. The Morgan fingerprint density at radius 3 is 2.84 bits per heavy atom. The van der Waals surface area contributed by atoms with Gasteiger partial charge < -0.3 is 24.2 Å². The number of hydrogen-bond donors (Lipinski definition) is 5. The summed E-state index contributed by atoms with van der Waals surface area (Å²) in [6.07, 6.45) is -1.01. The van der Waals surface area contributed by atoms with Crippen molar-refractivity contribution in [3.63, 3.8) is 0 Å². The summed E-state index contributed by atoms with van der Waals surface area (Å²) in [6, 6.07) is 8.42. The molecule has 0 radical (unpaired) electrons. The second kappa shape index (κ2) is 8.55. The number of amides is 1. The van der Waals surface area contributed by atoms with Gasteiger partial charge in [-0.05, 0) is 23.9 Å². The van der Waals surface area contributed by atoms with Crippen LogP contribution in [0.2, 0.25) is 0 Å². The Bertz CT molecular complexity index is 1210. The van der Waals surface area contributed by atoms with Gasteiger partial charge >= 0.3 is 12.4 Å². The minimum atomic E-state index is -3.89. The maximum atomic E-state index is 12.4. The summed E-state index contributed by atoms with van der Waals surface area (Å²) in [6.45, 7) is -4.20. The highest BCUT2D eigenvalue weighted by Gasteiger charge is 2.37. The number of nitrogens with zero attached hydrogens (tertiary/aromatic N) is 3. The second-order valence-electron chi connectivity index (χ2n) is 6.80. The number of aromatic nitrogens is 4. The Balaban J connectivity index is 1.58. The lowest BCUT2D eigenvalue weighted by Gasteiger charge is -2.16. The summed E-state index contributed by atoms with van der Waals surface area (Å²) < 4.78 is 11.5. The summed E-state index contributed by atoms with van der Waals surface area (Å²) in [5, 5.41) is 16.7. The highest BCUT2D eigenvalue weighted by molar-refractivity contribution is 8.06. The molecule has 1 fully saturated rings. The molecule has 1 aliphatic rings. The van der Waals surface area contributed by atoms with E-state index in [1.165, 1.54) is 6.20 Å². The van der Waals surface area contributed by atoms with Crippen molar-refractivity contribution in [2.24, 2.45) is 0 Å². The average molecular weight is 467 g/mol.